The average Bonchev–Trinajstić information content (AvgIpc) is 2.45. The van der Waals surface area contributed by atoms with Crippen LogP contribution in [-0.4, -0.2) is 49.2 Å². The summed E-state index contributed by atoms with van der Waals surface area (Å²) in [6.07, 6.45) is 0.933. The van der Waals surface area contributed by atoms with Crippen LogP contribution < -0.4 is 10.1 Å². The van der Waals surface area contributed by atoms with Crippen LogP contribution in [0.5, 0.6) is 5.75 Å². The first kappa shape index (κ1) is 13.8. The predicted molar refractivity (Wildman–Crippen MR) is 72.5 cm³/mol. The number of nitrogens with zero attached hydrogens (tertiary/aromatic N) is 2. The molecule has 2 rings (SSSR count). The van der Waals surface area contributed by atoms with Crippen molar-refractivity contribution in [2.24, 2.45) is 0 Å². The van der Waals surface area contributed by atoms with Gasteiger partial charge in [-0.15, -0.1) is 0 Å². The van der Waals surface area contributed by atoms with E-state index >= 15 is 0 Å². The molecule has 0 atom stereocenters. The Bertz CT molecular complexity index is 419. The van der Waals surface area contributed by atoms with E-state index < -0.39 is 4.92 Å². The zero-order valence-electron chi connectivity index (χ0n) is 10.9. The number of non-ortho nitro benzene ring substituents is 1. The van der Waals surface area contributed by atoms with E-state index in [4.69, 9.17) is 4.74 Å². The molecule has 0 spiro atoms. The minimum atomic E-state index is -0.409. The van der Waals surface area contributed by atoms with Gasteiger partial charge < -0.3 is 15.0 Å². The normalized spacial score (nSPS) is 16.2. The molecule has 1 heterocycles. The maximum Gasteiger partial charge on any atom is 0.273 e. The summed E-state index contributed by atoms with van der Waals surface area (Å²) in [5.74, 6) is 0.564. The Morgan fingerprint density at radius 2 is 2.16 bits per heavy atom. The van der Waals surface area contributed by atoms with Crippen LogP contribution in [0.4, 0.5) is 5.69 Å². The second-order valence-electron chi connectivity index (χ2n) is 4.55. The minimum absolute atomic E-state index is 0.0691. The Kier molecular flexibility index (Phi) is 5.11. The Labute approximate surface area is 112 Å². The van der Waals surface area contributed by atoms with Crippen LogP contribution in [0.15, 0.2) is 24.3 Å². The molecule has 1 saturated heterocycles. The number of nitrogens with one attached hydrogen (secondary N) is 1. The molecule has 104 valence electrons. The summed E-state index contributed by atoms with van der Waals surface area (Å²) in [5, 5.41) is 13.9. The fraction of sp³-hybridized carbons (Fsp3) is 0.538. The van der Waals surface area contributed by atoms with Crippen molar-refractivity contribution in [1.82, 2.24) is 10.2 Å². The van der Waals surface area contributed by atoms with Gasteiger partial charge in [-0.25, -0.2) is 0 Å². The third kappa shape index (κ3) is 4.50. The number of ether oxygens (including phenoxy) is 1. The number of hydrogen-bond donors (Lipinski definition) is 1. The summed E-state index contributed by atoms with van der Waals surface area (Å²) in [6.45, 7) is 5.85. The second-order valence-corrected chi connectivity index (χ2v) is 4.55. The molecule has 0 saturated carbocycles. The van der Waals surface area contributed by atoms with Crippen LogP contribution in [0.2, 0.25) is 0 Å². The zero-order valence-corrected chi connectivity index (χ0v) is 10.9. The summed E-state index contributed by atoms with van der Waals surface area (Å²) in [7, 11) is 0. The molecule has 0 bridgehead atoms. The van der Waals surface area contributed by atoms with E-state index in [0.29, 0.717) is 12.4 Å². The van der Waals surface area contributed by atoms with Gasteiger partial charge in [0.05, 0.1) is 17.6 Å². The zero-order chi connectivity index (χ0) is 13.5. The molecule has 6 nitrogen and oxygen atoms in total. The fourth-order valence-corrected chi connectivity index (χ4v) is 2.10. The van der Waals surface area contributed by atoms with Crippen LogP contribution in [0.3, 0.4) is 0 Å². The topological polar surface area (TPSA) is 67.6 Å². The predicted octanol–water partition coefficient (Wildman–Crippen LogP) is 1.27. The third-order valence-electron chi connectivity index (χ3n) is 3.13. The number of rotatable bonds is 6. The van der Waals surface area contributed by atoms with Crippen molar-refractivity contribution in [2.45, 2.75) is 6.42 Å². The van der Waals surface area contributed by atoms with Crippen molar-refractivity contribution >= 4 is 5.69 Å². The highest BCUT2D eigenvalue weighted by Crippen LogP contribution is 2.19. The van der Waals surface area contributed by atoms with Crippen molar-refractivity contribution in [1.29, 1.82) is 0 Å². The monoisotopic (exact) mass is 265 g/mol. The highest BCUT2D eigenvalue weighted by Gasteiger charge is 2.09. The summed E-state index contributed by atoms with van der Waals surface area (Å²) in [5.41, 5.74) is 0.0691. The quantitative estimate of drug-likeness (QED) is 0.476. The number of piperazine rings is 1. The minimum Gasteiger partial charge on any atom is -0.493 e. The van der Waals surface area contributed by atoms with Gasteiger partial charge in [0.1, 0.15) is 5.75 Å². The van der Waals surface area contributed by atoms with Gasteiger partial charge in [-0.2, -0.15) is 0 Å². The lowest BCUT2D eigenvalue weighted by Crippen LogP contribution is -2.43. The maximum atomic E-state index is 10.6. The molecule has 0 unspecified atom stereocenters. The van der Waals surface area contributed by atoms with Crippen LogP contribution in [0.25, 0.3) is 0 Å². The largest absolute Gasteiger partial charge is 0.493 e. The van der Waals surface area contributed by atoms with E-state index in [1.54, 1.807) is 12.1 Å². The SMILES string of the molecule is O=[N+]([O-])c1cccc(OCCCN2CCNCC2)c1. The molecular weight excluding hydrogens is 246 g/mol. The standard InChI is InChI=1S/C13H19N3O3/c17-16(18)12-3-1-4-13(11-12)19-10-2-7-15-8-5-14-6-9-15/h1,3-4,11,14H,2,5-10H2. The summed E-state index contributed by atoms with van der Waals surface area (Å²) in [6, 6.07) is 6.32. The fourth-order valence-electron chi connectivity index (χ4n) is 2.10. The van der Waals surface area contributed by atoms with Crippen LogP contribution in [0, 0.1) is 10.1 Å². The highest BCUT2D eigenvalue weighted by atomic mass is 16.6. The van der Waals surface area contributed by atoms with E-state index in [1.807, 2.05) is 0 Å². The van der Waals surface area contributed by atoms with Crippen molar-refractivity contribution in [3.63, 3.8) is 0 Å². The maximum absolute atomic E-state index is 10.6. The number of hydrogen-bond acceptors (Lipinski definition) is 5. The van der Waals surface area contributed by atoms with Crippen molar-refractivity contribution < 1.29 is 9.66 Å². The van der Waals surface area contributed by atoms with Gasteiger partial charge in [0.2, 0.25) is 0 Å². The smallest absolute Gasteiger partial charge is 0.273 e. The summed E-state index contributed by atoms with van der Waals surface area (Å²) < 4.78 is 5.54. The number of nitro benzene ring substituents is 1. The highest BCUT2D eigenvalue weighted by molar-refractivity contribution is 5.37. The Morgan fingerprint density at radius 3 is 2.89 bits per heavy atom. The van der Waals surface area contributed by atoms with Gasteiger partial charge in [0, 0.05) is 38.8 Å². The van der Waals surface area contributed by atoms with E-state index in [-0.39, 0.29) is 5.69 Å². The lowest BCUT2D eigenvalue weighted by Gasteiger charge is -2.26. The van der Waals surface area contributed by atoms with Crippen molar-refractivity contribution in [3.8, 4) is 5.75 Å². The molecule has 6 heteroatoms. The molecule has 1 aliphatic heterocycles. The molecule has 0 radical (unpaired) electrons. The first-order chi connectivity index (χ1) is 9.25. The summed E-state index contributed by atoms with van der Waals surface area (Å²) in [4.78, 5) is 12.6. The molecule has 0 aliphatic carbocycles. The van der Waals surface area contributed by atoms with Crippen LogP contribution >= 0.6 is 0 Å². The van der Waals surface area contributed by atoms with Gasteiger partial charge in [0.25, 0.3) is 5.69 Å². The summed E-state index contributed by atoms with van der Waals surface area (Å²) >= 11 is 0. The molecular formula is C13H19N3O3. The van der Waals surface area contributed by atoms with Gasteiger partial charge >= 0.3 is 0 Å². The van der Waals surface area contributed by atoms with Gasteiger partial charge in [-0.1, -0.05) is 6.07 Å². The third-order valence-corrected chi connectivity index (χ3v) is 3.13. The van der Waals surface area contributed by atoms with E-state index in [0.717, 1.165) is 39.1 Å². The Morgan fingerprint density at radius 1 is 1.37 bits per heavy atom. The molecule has 19 heavy (non-hydrogen) atoms. The lowest BCUT2D eigenvalue weighted by atomic mass is 10.3. The van der Waals surface area contributed by atoms with Crippen LogP contribution in [-0.2, 0) is 0 Å². The lowest BCUT2D eigenvalue weighted by molar-refractivity contribution is -0.384. The van der Waals surface area contributed by atoms with Crippen molar-refractivity contribution in [3.05, 3.63) is 34.4 Å². The van der Waals surface area contributed by atoms with Crippen molar-refractivity contribution in [2.75, 3.05) is 39.3 Å². The molecule has 1 aliphatic rings. The first-order valence-electron chi connectivity index (χ1n) is 6.56. The molecule has 0 aromatic heterocycles. The molecule has 1 N–H and O–H groups in total. The number of benzene rings is 1. The van der Waals surface area contributed by atoms with Crippen LogP contribution in [0.1, 0.15) is 6.42 Å². The molecule has 1 aromatic rings. The van der Waals surface area contributed by atoms with Gasteiger partial charge in [0.15, 0.2) is 0 Å². The Hall–Kier alpha value is -1.66. The number of nitro groups is 1. The molecule has 1 fully saturated rings. The van der Waals surface area contributed by atoms with E-state index in [1.165, 1.54) is 12.1 Å². The first-order valence-corrected chi connectivity index (χ1v) is 6.56. The molecule has 1 aromatic carbocycles. The van der Waals surface area contributed by atoms with Gasteiger partial charge in [-0.3, -0.25) is 10.1 Å². The van der Waals surface area contributed by atoms with E-state index in [2.05, 4.69) is 10.2 Å². The van der Waals surface area contributed by atoms with Gasteiger partial charge in [-0.05, 0) is 12.5 Å². The Balaban J connectivity index is 1.70. The average molecular weight is 265 g/mol. The molecule has 0 amide bonds. The second kappa shape index (κ2) is 7.06. The van der Waals surface area contributed by atoms with E-state index in [9.17, 15) is 10.1 Å².